The van der Waals surface area contributed by atoms with Gasteiger partial charge in [-0.25, -0.2) is 4.98 Å². The second-order valence-corrected chi connectivity index (χ2v) is 12.0. The fourth-order valence-corrected chi connectivity index (χ4v) is 6.22. The van der Waals surface area contributed by atoms with Crippen LogP contribution >= 0.6 is 11.6 Å². The lowest BCUT2D eigenvalue weighted by atomic mass is 10.0. The summed E-state index contributed by atoms with van der Waals surface area (Å²) in [6, 6.07) is 23.2. The zero-order chi connectivity index (χ0) is 30.3. The van der Waals surface area contributed by atoms with Gasteiger partial charge in [0.1, 0.15) is 5.82 Å². The smallest absolute Gasteiger partial charge is 0.251 e. The van der Waals surface area contributed by atoms with E-state index in [0.29, 0.717) is 16.1 Å². The number of halogens is 1. The SMILES string of the molecule is O=C(NC1CCN(Cc2ccc(N3CCC(NC(=O)c4ccccc4)CC3)nc2)CC1)c1ccc(Cl)c(-c2ccncc2)c1. The van der Waals surface area contributed by atoms with Crippen molar-refractivity contribution < 1.29 is 9.59 Å². The monoisotopic (exact) mass is 608 g/mol. The van der Waals surface area contributed by atoms with Crippen LogP contribution in [0, 0.1) is 0 Å². The van der Waals surface area contributed by atoms with Gasteiger partial charge in [0.15, 0.2) is 0 Å². The molecule has 4 heterocycles. The first kappa shape index (κ1) is 29.8. The molecule has 2 N–H and O–H groups in total. The summed E-state index contributed by atoms with van der Waals surface area (Å²) in [6.07, 6.45) is 9.02. The number of hydrogen-bond donors (Lipinski definition) is 2. The lowest BCUT2D eigenvalue weighted by Gasteiger charge is -2.34. The van der Waals surface area contributed by atoms with Crippen LogP contribution in [0.15, 0.2) is 91.4 Å². The highest BCUT2D eigenvalue weighted by Gasteiger charge is 2.24. The first-order valence-electron chi connectivity index (χ1n) is 15.3. The van der Waals surface area contributed by atoms with E-state index in [1.807, 2.05) is 54.7 Å². The zero-order valence-corrected chi connectivity index (χ0v) is 25.4. The molecule has 8 nitrogen and oxygen atoms in total. The maximum Gasteiger partial charge on any atom is 0.251 e. The molecule has 2 aromatic carbocycles. The molecular formula is C35H37ClN6O2. The van der Waals surface area contributed by atoms with Crippen LogP contribution in [-0.4, -0.2) is 64.9 Å². The van der Waals surface area contributed by atoms with Gasteiger partial charge in [-0.2, -0.15) is 0 Å². The predicted molar refractivity (Wildman–Crippen MR) is 174 cm³/mol. The molecule has 9 heteroatoms. The first-order valence-corrected chi connectivity index (χ1v) is 15.7. The Kier molecular flexibility index (Phi) is 9.48. The van der Waals surface area contributed by atoms with Gasteiger partial charge in [-0.15, -0.1) is 0 Å². The van der Waals surface area contributed by atoms with Crippen molar-refractivity contribution in [1.29, 1.82) is 0 Å². The van der Waals surface area contributed by atoms with Crippen LogP contribution in [0.25, 0.3) is 11.1 Å². The Bertz CT molecular complexity index is 1550. The first-order chi connectivity index (χ1) is 21.5. The summed E-state index contributed by atoms with van der Waals surface area (Å²) in [5.41, 5.74) is 4.26. The summed E-state index contributed by atoms with van der Waals surface area (Å²) < 4.78 is 0. The summed E-state index contributed by atoms with van der Waals surface area (Å²) in [5, 5.41) is 7.00. The molecule has 0 radical (unpaired) electrons. The van der Waals surface area contributed by atoms with Crippen LogP contribution < -0.4 is 15.5 Å². The number of nitrogens with one attached hydrogen (secondary N) is 2. The van der Waals surface area contributed by atoms with Gasteiger partial charge in [0.25, 0.3) is 11.8 Å². The minimum absolute atomic E-state index is 0.00458. The summed E-state index contributed by atoms with van der Waals surface area (Å²) >= 11 is 6.42. The van der Waals surface area contributed by atoms with E-state index in [9.17, 15) is 9.59 Å². The van der Waals surface area contributed by atoms with E-state index in [4.69, 9.17) is 16.6 Å². The van der Waals surface area contributed by atoms with Crippen molar-refractivity contribution in [3.05, 3.63) is 113 Å². The molecule has 2 aliphatic heterocycles. The molecule has 0 bridgehead atoms. The number of pyridine rings is 2. The number of nitrogens with zero attached hydrogens (tertiary/aromatic N) is 4. The Hall–Kier alpha value is -4.27. The topological polar surface area (TPSA) is 90.5 Å². The highest BCUT2D eigenvalue weighted by Crippen LogP contribution is 2.29. The van der Waals surface area contributed by atoms with Gasteiger partial charge in [0.2, 0.25) is 0 Å². The van der Waals surface area contributed by atoms with E-state index in [2.05, 4.69) is 37.6 Å². The fourth-order valence-electron chi connectivity index (χ4n) is 5.99. The number of likely N-dealkylation sites (tertiary alicyclic amines) is 1. The largest absolute Gasteiger partial charge is 0.356 e. The summed E-state index contributed by atoms with van der Waals surface area (Å²) in [7, 11) is 0. The molecule has 0 atom stereocenters. The van der Waals surface area contributed by atoms with E-state index in [0.717, 1.165) is 75.4 Å². The Labute approximate surface area is 263 Å². The number of amides is 2. The molecule has 6 rings (SSSR count). The molecule has 2 aromatic heterocycles. The number of rotatable bonds is 8. The minimum Gasteiger partial charge on any atom is -0.356 e. The van der Waals surface area contributed by atoms with E-state index in [-0.39, 0.29) is 23.9 Å². The van der Waals surface area contributed by atoms with E-state index < -0.39 is 0 Å². The van der Waals surface area contributed by atoms with Crippen LogP contribution in [0.1, 0.15) is 52.0 Å². The highest BCUT2D eigenvalue weighted by atomic mass is 35.5. The summed E-state index contributed by atoms with van der Waals surface area (Å²) in [5.74, 6) is 0.908. The standard InChI is InChI=1S/C35H37ClN6O2/c36-32-8-7-28(22-31(32)26-10-16-37-17-11-26)35(44)40-29-12-18-41(19-13-29)24-25-6-9-33(38-23-25)42-20-14-30(15-21-42)39-34(43)27-4-2-1-3-5-27/h1-11,16-17,22-23,29-30H,12-15,18-21,24H2,(H,39,43)(H,40,44). The van der Waals surface area contributed by atoms with Crippen LogP contribution in [0.5, 0.6) is 0 Å². The quantitative estimate of drug-likeness (QED) is 0.271. The van der Waals surface area contributed by atoms with Gasteiger partial charge in [-0.05, 0) is 85.3 Å². The number of carbonyl (C=O) groups excluding carboxylic acids is 2. The van der Waals surface area contributed by atoms with Crippen LogP contribution in [0.4, 0.5) is 5.82 Å². The van der Waals surface area contributed by atoms with Gasteiger partial charge in [0.05, 0.1) is 0 Å². The maximum absolute atomic E-state index is 13.1. The van der Waals surface area contributed by atoms with Gasteiger partial charge >= 0.3 is 0 Å². The third kappa shape index (κ3) is 7.44. The van der Waals surface area contributed by atoms with E-state index in [1.165, 1.54) is 5.56 Å². The zero-order valence-electron chi connectivity index (χ0n) is 24.7. The number of aromatic nitrogens is 2. The summed E-state index contributed by atoms with van der Waals surface area (Å²) in [6.45, 7) is 4.41. The van der Waals surface area contributed by atoms with Gasteiger partial charge < -0.3 is 15.5 Å². The van der Waals surface area contributed by atoms with Crippen molar-refractivity contribution in [3.63, 3.8) is 0 Å². The molecule has 2 amide bonds. The maximum atomic E-state index is 13.1. The van der Waals surface area contributed by atoms with Crippen LogP contribution in [-0.2, 0) is 6.54 Å². The molecule has 2 fully saturated rings. The molecular weight excluding hydrogens is 572 g/mol. The number of carbonyl (C=O) groups is 2. The van der Waals surface area contributed by atoms with Crippen molar-refractivity contribution in [2.75, 3.05) is 31.1 Å². The molecule has 0 aliphatic carbocycles. The number of hydrogen-bond acceptors (Lipinski definition) is 6. The second kappa shape index (κ2) is 14.0. The Morgan fingerprint density at radius 3 is 2.09 bits per heavy atom. The normalized spacial score (nSPS) is 16.4. The third-order valence-electron chi connectivity index (χ3n) is 8.55. The van der Waals surface area contributed by atoms with E-state index in [1.54, 1.807) is 24.5 Å². The molecule has 226 valence electrons. The van der Waals surface area contributed by atoms with Crippen molar-refractivity contribution in [2.45, 2.75) is 44.3 Å². The molecule has 0 saturated carbocycles. The molecule has 44 heavy (non-hydrogen) atoms. The Balaban J connectivity index is 0.941. The third-order valence-corrected chi connectivity index (χ3v) is 8.88. The lowest BCUT2D eigenvalue weighted by molar-refractivity contribution is 0.0906. The Morgan fingerprint density at radius 1 is 0.773 bits per heavy atom. The number of anilines is 1. The molecule has 2 aliphatic rings. The number of benzene rings is 2. The lowest BCUT2D eigenvalue weighted by Crippen LogP contribution is -2.45. The average Bonchev–Trinajstić information content (AvgIpc) is 3.07. The van der Waals surface area contributed by atoms with Gasteiger partial charge in [0, 0.05) is 85.1 Å². The van der Waals surface area contributed by atoms with Gasteiger partial charge in [-0.3, -0.25) is 19.5 Å². The van der Waals surface area contributed by atoms with E-state index >= 15 is 0 Å². The molecule has 4 aromatic rings. The molecule has 2 saturated heterocycles. The second-order valence-electron chi connectivity index (χ2n) is 11.6. The van der Waals surface area contributed by atoms with Gasteiger partial charge in [-0.1, -0.05) is 35.9 Å². The van der Waals surface area contributed by atoms with Crippen molar-refractivity contribution in [1.82, 2.24) is 25.5 Å². The number of piperidine rings is 2. The van der Waals surface area contributed by atoms with Crippen molar-refractivity contribution in [2.24, 2.45) is 0 Å². The van der Waals surface area contributed by atoms with Crippen LogP contribution in [0.2, 0.25) is 5.02 Å². The average molecular weight is 609 g/mol. The summed E-state index contributed by atoms with van der Waals surface area (Å²) in [4.78, 5) is 39.1. The van der Waals surface area contributed by atoms with Crippen molar-refractivity contribution in [3.8, 4) is 11.1 Å². The minimum atomic E-state index is -0.0715. The predicted octanol–water partition coefficient (Wildman–Crippen LogP) is 5.59. The fraction of sp³-hybridized carbons (Fsp3) is 0.314. The molecule has 0 spiro atoms. The molecule has 0 unspecified atom stereocenters. The Morgan fingerprint density at radius 2 is 1.43 bits per heavy atom. The van der Waals surface area contributed by atoms with Crippen LogP contribution in [0.3, 0.4) is 0 Å². The highest BCUT2D eigenvalue weighted by molar-refractivity contribution is 6.33. The van der Waals surface area contributed by atoms with Crippen molar-refractivity contribution >= 4 is 29.2 Å².